The highest BCUT2D eigenvalue weighted by atomic mass is 16.5. The highest BCUT2D eigenvalue weighted by Crippen LogP contribution is 2.27. The van der Waals surface area contributed by atoms with E-state index in [2.05, 4.69) is 10.3 Å². The Morgan fingerprint density at radius 1 is 1.06 bits per heavy atom. The van der Waals surface area contributed by atoms with Crippen LogP contribution in [0.2, 0.25) is 0 Å². The first kappa shape index (κ1) is 23.6. The number of anilines is 1. The molecular weight excluding hydrogens is 454 g/mol. The zero-order valence-corrected chi connectivity index (χ0v) is 19.4. The number of aryl methyl sites for hydroxylation is 1. The molecule has 10 heteroatoms. The summed E-state index contributed by atoms with van der Waals surface area (Å²) in [4.78, 5) is 41.8. The van der Waals surface area contributed by atoms with Crippen LogP contribution in [0.3, 0.4) is 0 Å². The molecule has 4 aromatic rings. The van der Waals surface area contributed by atoms with E-state index in [0.717, 1.165) is 4.57 Å². The van der Waals surface area contributed by atoms with E-state index in [0.29, 0.717) is 40.8 Å². The molecule has 0 aliphatic heterocycles. The maximum Gasteiger partial charge on any atom is 0.338 e. The SMILES string of the molecule is CCOc1ccc(C(=O)Nc2cc(C(=O)OCc3cc(=O)n4oc(C)cc4n3)ccc2OC)cc1. The number of hydrogen-bond donors (Lipinski definition) is 1. The molecule has 1 N–H and O–H groups in total. The van der Waals surface area contributed by atoms with Crippen LogP contribution < -0.4 is 20.3 Å². The lowest BCUT2D eigenvalue weighted by atomic mass is 10.1. The van der Waals surface area contributed by atoms with Gasteiger partial charge in [0.25, 0.3) is 11.5 Å². The Morgan fingerprint density at radius 2 is 1.80 bits per heavy atom. The van der Waals surface area contributed by atoms with Gasteiger partial charge in [0, 0.05) is 17.7 Å². The lowest BCUT2D eigenvalue weighted by Gasteiger charge is -2.12. The number of methoxy groups -OCH3 is 1. The molecule has 0 fully saturated rings. The summed E-state index contributed by atoms with van der Waals surface area (Å²) in [5.41, 5.74) is 1.08. The maximum atomic E-state index is 12.7. The number of nitrogens with one attached hydrogen (secondary N) is 1. The summed E-state index contributed by atoms with van der Waals surface area (Å²) in [6, 6.07) is 14.0. The number of amides is 1. The molecular formula is C25H23N3O7. The molecule has 35 heavy (non-hydrogen) atoms. The molecule has 2 aromatic carbocycles. The molecule has 0 spiro atoms. The lowest BCUT2D eigenvalue weighted by Crippen LogP contribution is -2.15. The second-order valence-electron chi connectivity index (χ2n) is 7.49. The number of carbonyl (C=O) groups excluding carboxylic acids is 2. The Balaban J connectivity index is 1.48. The van der Waals surface area contributed by atoms with Crippen molar-refractivity contribution >= 4 is 23.2 Å². The summed E-state index contributed by atoms with van der Waals surface area (Å²) in [6.45, 7) is 3.88. The van der Waals surface area contributed by atoms with Crippen molar-refractivity contribution in [1.82, 2.24) is 9.56 Å². The van der Waals surface area contributed by atoms with Crippen LogP contribution in [0, 0.1) is 6.92 Å². The first-order valence-corrected chi connectivity index (χ1v) is 10.8. The number of esters is 1. The fourth-order valence-corrected chi connectivity index (χ4v) is 3.37. The van der Waals surface area contributed by atoms with Crippen molar-refractivity contribution in [2.24, 2.45) is 0 Å². The number of benzene rings is 2. The van der Waals surface area contributed by atoms with E-state index in [9.17, 15) is 14.4 Å². The van der Waals surface area contributed by atoms with Crippen LogP contribution in [-0.2, 0) is 11.3 Å². The monoisotopic (exact) mass is 477 g/mol. The average Bonchev–Trinajstić information content (AvgIpc) is 3.24. The molecule has 0 aliphatic rings. The van der Waals surface area contributed by atoms with Gasteiger partial charge in [0.15, 0.2) is 5.65 Å². The summed E-state index contributed by atoms with van der Waals surface area (Å²) < 4.78 is 22.3. The first-order chi connectivity index (χ1) is 16.9. The van der Waals surface area contributed by atoms with E-state index < -0.39 is 11.5 Å². The minimum absolute atomic E-state index is 0.185. The van der Waals surface area contributed by atoms with Gasteiger partial charge in [0.05, 0.1) is 30.7 Å². The van der Waals surface area contributed by atoms with Crippen LogP contribution in [0.15, 0.2) is 63.9 Å². The van der Waals surface area contributed by atoms with Gasteiger partial charge in [-0.15, -0.1) is 4.57 Å². The second-order valence-corrected chi connectivity index (χ2v) is 7.49. The zero-order valence-electron chi connectivity index (χ0n) is 19.4. The van der Waals surface area contributed by atoms with Crippen LogP contribution in [0.4, 0.5) is 5.69 Å². The van der Waals surface area contributed by atoms with E-state index in [4.69, 9.17) is 18.7 Å². The molecule has 2 aromatic heterocycles. The minimum atomic E-state index is -0.658. The van der Waals surface area contributed by atoms with E-state index >= 15 is 0 Å². The molecule has 0 saturated heterocycles. The molecule has 1 amide bonds. The van der Waals surface area contributed by atoms with E-state index in [1.165, 1.54) is 25.3 Å². The minimum Gasteiger partial charge on any atom is -0.495 e. The second kappa shape index (κ2) is 10.1. The molecule has 0 aliphatic carbocycles. The topological polar surface area (TPSA) is 121 Å². The van der Waals surface area contributed by atoms with Gasteiger partial charge in [-0.25, -0.2) is 9.78 Å². The largest absolute Gasteiger partial charge is 0.495 e. The summed E-state index contributed by atoms with van der Waals surface area (Å²) in [5.74, 6) is 0.517. The van der Waals surface area contributed by atoms with Crippen LogP contribution >= 0.6 is 0 Å². The van der Waals surface area contributed by atoms with Gasteiger partial charge in [-0.05, 0) is 56.3 Å². The third-order valence-corrected chi connectivity index (χ3v) is 4.99. The standard InChI is InChI=1S/C25H23N3O7/c1-4-33-19-8-5-16(6-9-19)24(30)27-20-12-17(7-10-21(20)32-3)25(31)34-14-18-13-23(29)28-22(26-18)11-15(2)35-28/h5-13H,4,14H2,1-3H3,(H,27,30). The summed E-state index contributed by atoms with van der Waals surface area (Å²) in [5, 5.41) is 2.75. The van der Waals surface area contributed by atoms with Crippen LogP contribution in [0.25, 0.3) is 5.65 Å². The van der Waals surface area contributed by atoms with Gasteiger partial charge in [-0.3, -0.25) is 9.59 Å². The number of fused-ring (bicyclic) bond motifs is 1. The fourth-order valence-electron chi connectivity index (χ4n) is 3.37. The molecule has 0 bridgehead atoms. The van der Waals surface area contributed by atoms with Crippen LogP contribution in [0.5, 0.6) is 11.5 Å². The Bertz CT molecular complexity index is 1440. The van der Waals surface area contributed by atoms with Gasteiger partial charge in [0.2, 0.25) is 0 Å². The lowest BCUT2D eigenvalue weighted by molar-refractivity contribution is 0.0467. The predicted molar refractivity (Wildman–Crippen MR) is 126 cm³/mol. The third-order valence-electron chi connectivity index (χ3n) is 4.99. The summed E-state index contributed by atoms with van der Waals surface area (Å²) >= 11 is 0. The molecule has 0 radical (unpaired) electrons. The Hall–Kier alpha value is -4.60. The molecule has 0 saturated carbocycles. The summed E-state index contributed by atoms with van der Waals surface area (Å²) in [6.07, 6.45) is 0. The Morgan fingerprint density at radius 3 is 2.51 bits per heavy atom. The molecule has 0 atom stereocenters. The molecule has 180 valence electrons. The highest BCUT2D eigenvalue weighted by Gasteiger charge is 2.16. The maximum absolute atomic E-state index is 12.7. The first-order valence-electron chi connectivity index (χ1n) is 10.8. The highest BCUT2D eigenvalue weighted by molar-refractivity contribution is 6.05. The Kier molecular flexibility index (Phi) is 6.81. The molecule has 4 rings (SSSR count). The van der Waals surface area contributed by atoms with Crippen molar-refractivity contribution in [3.63, 3.8) is 0 Å². The van der Waals surface area contributed by atoms with Crippen molar-refractivity contribution < 1.29 is 28.3 Å². The molecule has 0 unspecified atom stereocenters. The van der Waals surface area contributed by atoms with Gasteiger partial charge in [-0.2, -0.15) is 0 Å². The number of rotatable bonds is 8. The van der Waals surface area contributed by atoms with E-state index in [1.54, 1.807) is 43.3 Å². The zero-order chi connectivity index (χ0) is 24.9. The number of hydrogen-bond acceptors (Lipinski definition) is 8. The van der Waals surface area contributed by atoms with E-state index in [1.807, 2.05) is 6.92 Å². The van der Waals surface area contributed by atoms with Gasteiger partial charge in [-0.1, -0.05) is 0 Å². The number of aromatic nitrogens is 2. The fraction of sp³-hybridized carbons (Fsp3) is 0.200. The van der Waals surface area contributed by atoms with Gasteiger partial charge in [0.1, 0.15) is 23.9 Å². The average molecular weight is 477 g/mol. The Labute approximate surface area is 200 Å². The smallest absolute Gasteiger partial charge is 0.338 e. The molecule has 10 nitrogen and oxygen atoms in total. The predicted octanol–water partition coefficient (Wildman–Crippen LogP) is 3.61. The number of nitrogens with zero attached hydrogens (tertiary/aromatic N) is 2. The van der Waals surface area contributed by atoms with Crippen molar-refractivity contribution in [1.29, 1.82) is 0 Å². The van der Waals surface area contributed by atoms with E-state index in [-0.39, 0.29) is 23.8 Å². The van der Waals surface area contributed by atoms with Crippen molar-refractivity contribution in [3.8, 4) is 11.5 Å². The van der Waals surface area contributed by atoms with Crippen LogP contribution in [0.1, 0.15) is 39.1 Å². The van der Waals surface area contributed by atoms with Crippen molar-refractivity contribution in [3.05, 3.63) is 87.5 Å². The van der Waals surface area contributed by atoms with Crippen LogP contribution in [-0.4, -0.2) is 35.2 Å². The van der Waals surface area contributed by atoms with Gasteiger partial charge >= 0.3 is 5.97 Å². The molecule has 2 heterocycles. The number of ether oxygens (including phenoxy) is 3. The van der Waals surface area contributed by atoms with Crippen molar-refractivity contribution in [2.45, 2.75) is 20.5 Å². The third kappa shape index (κ3) is 5.32. The van der Waals surface area contributed by atoms with Gasteiger partial charge < -0.3 is 24.1 Å². The quantitative estimate of drug-likeness (QED) is 0.382. The summed E-state index contributed by atoms with van der Waals surface area (Å²) in [7, 11) is 1.46. The number of carbonyl (C=O) groups is 2. The normalized spacial score (nSPS) is 10.7. The van der Waals surface area contributed by atoms with Crippen molar-refractivity contribution in [2.75, 3.05) is 19.0 Å².